The number of nitrogens with zero attached hydrogens (tertiary/aromatic N) is 3. The maximum Gasteiger partial charge on any atom is 0.337 e. The third kappa shape index (κ3) is 4.45. The molecule has 1 aliphatic rings. The first-order valence-corrected chi connectivity index (χ1v) is 11.3. The van der Waals surface area contributed by atoms with Gasteiger partial charge in [-0.2, -0.15) is 0 Å². The first-order chi connectivity index (χ1) is 16.1. The number of hydrogen-bond acceptors (Lipinski definition) is 8. The van der Waals surface area contributed by atoms with Gasteiger partial charge in [-0.05, 0) is 55.3 Å². The standard InChI is InChI=1S/C24H23N3O5S/c1-4-31-18-7-6-16(13-19(18)32-5-2)21-17(23(29)30-3)14-26-24-27(21)22(28)20(33-24)12-15-8-10-25-11-9-15/h6-14,21H,4-5H2,1-3H3/b20-12-/t21-/m0/s1. The highest BCUT2D eigenvalue weighted by Crippen LogP contribution is 2.35. The molecule has 170 valence electrons. The Balaban J connectivity index is 1.91. The molecule has 2 aromatic heterocycles. The van der Waals surface area contributed by atoms with Crippen LogP contribution in [0.1, 0.15) is 31.0 Å². The lowest BCUT2D eigenvalue weighted by atomic mass is 9.97. The zero-order chi connectivity index (χ0) is 23.4. The zero-order valence-corrected chi connectivity index (χ0v) is 19.3. The first-order valence-electron chi connectivity index (χ1n) is 10.5. The van der Waals surface area contributed by atoms with Crippen molar-refractivity contribution in [3.8, 4) is 11.5 Å². The number of hydrogen-bond donors (Lipinski definition) is 0. The normalized spacial score (nSPS) is 15.3. The fraction of sp³-hybridized carbons (Fsp3) is 0.250. The van der Waals surface area contributed by atoms with Crippen molar-refractivity contribution in [2.24, 2.45) is 4.99 Å². The lowest BCUT2D eigenvalue weighted by Gasteiger charge is -2.23. The summed E-state index contributed by atoms with van der Waals surface area (Å²) in [5.41, 5.74) is 1.54. The van der Waals surface area contributed by atoms with E-state index >= 15 is 0 Å². The molecule has 0 bridgehead atoms. The van der Waals surface area contributed by atoms with Crippen LogP contribution in [0.3, 0.4) is 0 Å². The molecular formula is C24H23N3O5S. The van der Waals surface area contributed by atoms with Gasteiger partial charge in [0.25, 0.3) is 5.56 Å². The largest absolute Gasteiger partial charge is 0.490 e. The topological polar surface area (TPSA) is 92.0 Å². The predicted molar refractivity (Wildman–Crippen MR) is 124 cm³/mol. The Morgan fingerprint density at radius 3 is 2.55 bits per heavy atom. The van der Waals surface area contributed by atoms with Gasteiger partial charge in [0, 0.05) is 18.6 Å². The van der Waals surface area contributed by atoms with Gasteiger partial charge in [-0.15, -0.1) is 0 Å². The molecule has 3 aromatic rings. The maximum atomic E-state index is 13.5. The molecule has 0 saturated carbocycles. The van der Waals surface area contributed by atoms with Crippen LogP contribution < -0.4 is 24.4 Å². The Morgan fingerprint density at radius 1 is 1.12 bits per heavy atom. The number of fused-ring (bicyclic) bond motifs is 1. The van der Waals surface area contributed by atoms with Gasteiger partial charge in [0.1, 0.15) is 0 Å². The van der Waals surface area contributed by atoms with Crippen LogP contribution >= 0.6 is 11.3 Å². The van der Waals surface area contributed by atoms with Crippen molar-refractivity contribution in [1.29, 1.82) is 0 Å². The summed E-state index contributed by atoms with van der Waals surface area (Å²) < 4.78 is 18.4. The second-order valence-corrected chi connectivity index (χ2v) is 8.04. The lowest BCUT2D eigenvalue weighted by Crippen LogP contribution is -2.39. The summed E-state index contributed by atoms with van der Waals surface area (Å²) in [5.74, 6) is 0.577. The molecule has 0 radical (unpaired) electrons. The van der Waals surface area contributed by atoms with E-state index in [1.165, 1.54) is 29.2 Å². The Labute approximate surface area is 194 Å². The molecule has 0 N–H and O–H groups in total. The van der Waals surface area contributed by atoms with Crippen LogP contribution in [0.5, 0.6) is 11.5 Å². The van der Waals surface area contributed by atoms with Crippen molar-refractivity contribution < 1.29 is 19.0 Å². The molecule has 8 nitrogen and oxygen atoms in total. The van der Waals surface area contributed by atoms with Crippen LogP contribution in [0, 0.1) is 0 Å². The van der Waals surface area contributed by atoms with E-state index in [0.717, 1.165) is 5.56 Å². The Bertz CT molecular complexity index is 1380. The number of aromatic nitrogens is 2. The summed E-state index contributed by atoms with van der Waals surface area (Å²) in [6.07, 6.45) is 6.58. The Kier molecular flexibility index (Phi) is 6.69. The van der Waals surface area contributed by atoms with E-state index in [1.807, 2.05) is 32.0 Å². The molecule has 0 saturated heterocycles. The second-order valence-electron chi connectivity index (χ2n) is 7.03. The number of esters is 1. The van der Waals surface area contributed by atoms with Crippen molar-refractivity contribution in [2.75, 3.05) is 20.3 Å². The molecule has 1 atom stereocenters. The number of ether oxygens (including phenoxy) is 3. The number of pyridine rings is 1. The van der Waals surface area contributed by atoms with Gasteiger partial charge in [-0.25, -0.2) is 9.79 Å². The fourth-order valence-electron chi connectivity index (χ4n) is 3.60. The minimum atomic E-state index is -0.719. The minimum Gasteiger partial charge on any atom is -0.490 e. The van der Waals surface area contributed by atoms with Gasteiger partial charge in [0.2, 0.25) is 0 Å². The van der Waals surface area contributed by atoms with Gasteiger partial charge in [-0.1, -0.05) is 17.4 Å². The van der Waals surface area contributed by atoms with E-state index < -0.39 is 12.0 Å². The molecule has 0 spiro atoms. The number of carbonyl (C=O) groups is 1. The minimum absolute atomic E-state index is 0.248. The highest BCUT2D eigenvalue weighted by atomic mass is 32.1. The van der Waals surface area contributed by atoms with Crippen molar-refractivity contribution in [3.63, 3.8) is 0 Å². The molecule has 9 heteroatoms. The van der Waals surface area contributed by atoms with E-state index in [0.29, 0.717) is 39.6 Å². The summed E-state index contributed by atoms with van der Waals surface area (Å²) in [4.78, 5) is 35.0. The van der Waals surface area contributed by atoms with Gasteiger partial charge < -0.3 is 14.2 Å². The van der Waals surface area contributed by atoms with Crippen LogP contribution in [0.25, 0.3) is 6.08 Å². The smallest absolute Gasteiger partial charge is 0.337 e. The maximum absolute atomic E-state index is 13.5. The van der Waals surface area contributed by atoms with E-state index in [9.17, 15) is 9.59 Å². The molecule has 0 amide bonds. The van der Waals surface area contributed by atoms with Crippen LogP contribution in [-0.4, -0.2) is 35.8 Å². The van der Waals surface area contributed by atoms with Crippen LogP contribution in [0.4, 0.5) is 0 Å². The molecule has 0 aliphatic carbocycles. The Hall–Kier alpha value is -3.72. The average molecular weight is 466 g/mol. The number of carbonyl (C=O) groups excluding carboxylic acids is 1. The second kappa shape index (κ2) is 9.83. The van der Waals surface area contributed by atoms with E-state index in [4.69, 9.17) is 14.2 Å². The zero-order valence-electron chi connectivity index (χ0n) is 18.5. The quantitative estimate of drug-likeness (QED) is 0.497. The molecule has 0 unspecified atom stereocenters. The molecular weight excluding hydrogens is 442 g/mol. The third-order valence-corrected chi connectivity index (χ3v) is 6.01. The number of benzene rings is 1. The highest BCUT2D eigenvalue weighted by Gasteiger charge is 2.31. The van der Waals surface area contributed by atoms with E-state index in [2.05, 4.69) is 9.98 Å². The van der Waals surface area contributed by atoms with E-state index in [-0.39, 0.29) is 11.1 Å². The van der Waals surface area contributed by atoms with Crippen molar-refractivity contribution >= 4 is 23.4 Å². The van der Waals surface area contributed by atoms with Crippen molar-refractivity contribution in [3.05, 3.63) is 85.3 Å². The van der Waals surface area contributed by atoms with Crippen LogP contribution in [0.15, 0.2) is 64.3 Å². The molecule has 1 aliphatic heterocycles. The van der Waals surface area contributed by atoms with Crippen molar-refractivity contribution in [1.82, 2.24) is 9.55 Å². The van der Waals surface area contributed by atoms with Gasteiger partial charge in [0.15, 0.2) is 16.3 Å². The highest BCUT2D eigenvalue weighted by molar-refractivity contribution is 7.07. The number of rotatable bonds is 7. The summed E-state index contributed by atoms with van der Waals surface area (Å²) in [6, 6.07) is 8.31. The van der Waals surface area contributed by atoms with Crippen LogP contribution in [0.2, 0.25) is 0 Å². The molecule has 0 fully saturated rings. The number of thiazole rings is 1. The summed E-state index contributed by atoms with van der Waals surface area (Å²) in [6.45, 7) is 4.70. The summed E-state index contributed by atoms with van der Waals surface area (Å²) in [5, 5.41) is 0. The Morgan fingerprint density at radius 2 is 1.85 bits per heavy atom. The van der Waals surface area contributed by atoms with Gasteiger partial charge in [0.05, 0.1) is 36.5 Å². The van der Waals surface area contributed by atoms with E-state index in [1.54, 1.807) is 30.6 Å². The average Bonchev–Trinajstić information content (AvgIpc) is 3.15. The SMILES string of the molecule is CCOc1ccc([C@H]2C(C(=O)OC)=CN=c3s/c(=C\c4ccncc4)c(=O)n32)cc1OCC. The van der Waals surface area contributed by atoms with Crippen molar-refractivity contribution in [2.45, 2.75) is 19.9 Å². The molecule has 4 rings (SSSR count). The number of methoxy groups -OCH3 is 1. The van der Waals surface area contributed by atoms with Gasteiger partial charge in [-0.3, -0.25) is 14.3 Å². The molecule has 33 heavy (non-hydrogen) atoms. The molecule has 3 heterocycles. The summed E-state index contributed by atoms with van der Waals surface area (Å²) >= 11 is 1.26. The third-order valence-electron chi connectivity index (χ3n) is 5.01. The van der Waals surface area contributed by atoms with Crippen LogP contribution in [-0.2, 0) is 9.53 Å². The predicted octanol–water partition coefficient (Wildman–Crippen LogP) is 2.21. The molecule has 1 aromatic carbocycles. The monoisotopic (exact) mass is 465 g/mol. The fourth-order valence-corrected chi connectivity index (χ4v) is 4.57. The first kappa shape index (κ1) is 22.5. The van der Waals surface area contributed by atoms with Gasteiger partial charge >= 0.3 is 5.97 Å². The lowest BCUT2D eigenvalue weighted by molar-refractivity contribution is -0.136. The summed E-state index contributed by atoms with van der Waals surface area (Å²) in [7, 11) is 1.30.